The van der Waals surface area contributed by atoms with E-state index < -0.39 is 0 Å². The third-order valence-electron chi connectivity index (χ3n) is 4.61. The Morgan fingerprint density at radius 3 is 2.75 bits per heavy atom. The van der Waals surface area contributed by atoms with Crippen LogP contribution in [0.2, 0.25) is 5.02 Å². The van der Waals surface area contributed by atoms with Crippen molar-refractivity contribution in [2.45, 2.75) is 38.0 Å². The Morgan fingerprint density at radius 1 is 1.35 bits per heavy atom. The van der Waals surface area contributed by atoms with E-state index in [1.165, 1.54) is 31.2 Å². The van der Waals surface area contributed by atoms with Crippen molar-refractivity contribution >= 4 is 11.6 Å². The molecule has 0 radical (unpaired) electrons. The fourth-order valence-corrected chi connectivity index (χ4v) is 3.39. The van der Waals surface area contributed by atoms with Gasteiger partial charge in [0.25, 0.3) is 0 Å². The van der Waals surface area contributed by atoms with E-state index in [0.29, 0.717) is 0 Å². The van der Waals surface area contributed by atoms with Crippen LogP contribution in [0.1, 0.15) is 38.2 Å². The minimum Gasteiger partial charge on any atom is -0.383 e. The van der Waals surface area contributed by atoms with Gasteiger partial charge in [-0.2, -0.15) is 0 Å². The Labute approximate surface area is 127 Å². The molecule has 1 aliphatic rings. The molecule has 1 aromatic rings. The van der Waals surface area contributed by atoms with Gasteiger partial charge in [0, 0.05) is 30.6 Å². The molecule has 0 unspecified atom stereocenters. The van der Waals surface area contributed by atoms with Crippen molar-refractivity contribution in [1.82, 2.24) is 5.32 Å². The SMILES string of the molecule is COCCNCC1(c2cccc(Cl)c2)CCC(C)CC1. The van der Waals surface area contributed by atoms with E-state index in [1.54, 1.807) is 7.11 Å². The normalized spacial score (nSPS) is 26.6. The van der Waals surface area contributed by atoms with Gasteiger partial charge in [-0.3, -0.25) is 0 Å². The van der Waals surface area contributed by atoms with Crippen LogP contribution < -0.4 is 5.32 Å². The Balaban J connectivity index is 2.11. The number of benzene rings is 1. The molecule has 20 heavy (non-hydrogen) atoms. The number of ether oxygens (including phenoxy) is 1. The number of hydrogen-bond acceptors (Lipinski definition) is 2. The van der Waals surface area contributed by atoms with Crippen LogP contribution in [-0.4, -0.2) is 26.8 Å². The lowest BCUT2D eigenvalue weighted by Gasteiger charge is -2.40. The van der Waals surface area contributed by atoms with Crippen LogP contribution in [-0.2, 0) is 10.2 Å². The summed E-state index contributed by atoms with van der Waals surface area (Å²) in [5, 5.41) is 4.41. The van der Waals surface area contributed by atoms with Crippen LogP contribution in [0.3, 0.4) is 0 Å². The lowest BCUT2D eigenvalue weighted by atomic mass is 9.67. The summed E-state index contributed by atoms with van der Waals surface area (Å²) >= 11 is 6.20. The average molecular weight is 296 g/mol. The average Bonchev–Trinajstić information content (AvgIpc) is 2.46. The van der Waals surface area contributed by atoms with Gasteiger partial charge >= 0.3 is 0 Å². The quantitative estimate of drug-likeness (QED) is 0.800. The molecule has 2 rings (SSSR count). The maximum Gasteiger partial charge on any atom is 0.0587 e. The highest BCUT2D eigenvalue weighted by Gasteiger charge is 2.35. The standard InChI is InChI=1S/C17H26ClNO/c1-14-6-8-17(9-7-14,13-19-10-11-20-2)15-4-3-5-16(18)12-15/h3-5,12,14,19H,6-11,13H2,1-2H3. The summed E-state index contributed by atoms with van der Waals surface area (Å²) in [7, 11) is 1.75. The summed E-state index contributed by atoms with van der Waals surface area (Å²) in [6, 6.07) is 8.42. The van der Waals surface area contributed by atoms with Gasteiger partial charge in [0.15, 0.2) is 0 Å². The first-order valence-electron chi connectivity index (χ1n) is 7.62. The van der Waals surface area contributed by atoms with Crippen LogP contribution in [0.25, 0.3) is 0 Å². The van der Waals surface area contributed by atoms with Gasteiger partial charge in [-0.25, -0.2) is 0 Å². The van der Waals surface area contributed by atoms with E-state index in [0.717, 1.165) is 30.6 Å². The van der Waals surface area contributed by atoms with E-state index in [4.69, 9.17) is 16.3 Å². The molecule has 0 spiro atoms. The van der Waals surface area contributed by atoms with Crippen LogP contribution in [0.4, 0.5) is 0 Å². The van der Waals surface area contributed by atoms with E-state index in [1.807, 2.05) is 6.07 Å². The van der Waals surface area contributed by atoms with E-state index in [9.17, 15) is 0 Å². The molecule has 0 bridgehead atoms. The highest BCUT2D eigenvalue weighted by molar-refractivity contribution is 6.30. The smallest absolute Gasteiger partial charge is 0.0587 e. The summed E-state index contributed by atoms with van der Waals surface area (Å²) < 4.78 is 5.12. The minimum absolute atomic E-state index is 0.241. The van der Waals surface area contributed by atoms with Crippen molar-refractivity contribution < 1.29 is 4.74 Å². The maximum atomic E-state index is 6.20. The maximum absolute atomic E-state index is 6.20. The van der Waals surface area contributed by atoms with Gasteiger partial charge in [-0.05, 0) is 49.3 Å². The molecule has 0 amide bonds. The van der Waals surface area contributed by atoms with Crippen molar-refractivity contribution in [1.29, 1.82) is 0 Å². The van der Waals surface area contributed by atoms with Gasteiger partial charge in [-0.15, -0.1) is 0 Å². The molecule has 1 N–H and O–H groups in total. The minimum atomic E-state index is 0.241. The lowest BCUT2D eigenvalue weighted by molar-refractivity contribution is 0.187. The number of nitrogens with one attached hydrogen (secondary N) is 1. The van der Waals surface area contributed by atoms with Gasteiger partial charge in [-0.1, -0.05) is 30.7 Å². The van der Waals surface area contributed by atoms with Crippen LogP contribution in [0.15, 0.2) is 24.3 Å². The summed E-state index contributed by atoms with van der Waals surface area (Å²) in [5.41, 5.74) is 1.63. The fraction of sp³-hybridized carbons (Fsp3) is 0.647. The Kier molecular flexibility index (Phi) is 5.88. The molecule has 3 heteroatoms. The molecular formula is C17H26ClNO. The third-order valence-corrected chi connectivity index (χ3v) is 4.85. The molecule has 1 fully saturated rings. The largest absolute Gasteiger partial charge is 0.383 e. The first kappa shape index (κ1) is 15.8. The monoisotopic (exact) mass is 295 g/mol. The van der Waals surface area contributed by atoms with Gasteiger partial charge in [0.1, 0.15) is 0 Å². The Morgan fingerprint density at radius 2 is 2.10 bits per heavy atom. The Hall–Kier alpha value is -0.570. The second kappa shape index (κ2) is 7.44. The predicted molar refractivity (Wildman–Crippen MR) is 85.5 cm³/mol. The first-order valence-corrected chi connectivity index (χ1v) is 8.00. The summed E-state index contributed by atoms with van der Waals surface area (Å²) in [6.45, 7) is 5.06. The van der Waals surface area contributed by atoms with Gasteiger partial charge < -0.3 is 10.1 Å². The molecule has 1 saturated carbocycles. The summed E-state index contributed by atoms with van der Waals surface area (Å²) in [6.07, 6.45) is 5.10. The second-order valence-corrected chi connectivity index (χ2v) is 6.58. The predicted octanol–water partition coefficient (Wildman–Crippen LogP) is 4.02. The van der Waals surface area contributed by atoms with Gasteiger partial charge in [0.2, 0.25) is 0 Å². The van der Waals surface area contributed by atoms with E-state index in [-0.39, 0.29) is 5.41 Å². The zero-order chi connectivity index (χ0) is 14.4. The third kappa shape index (κ3) is 3.97. The topological polar surface area (TPSA) is 21.3 Å². The molecule has 0 atom stereocenters. The number of methoxy groups -OCH3 is 1. The molecule has 0 aromatic heterocycles. The van der Waals surface area contributed by atoms with Crippen molar-refractivity contribution in [2.75, 3.05) is 26.8 Å². The number of halogens is 1. The van der Waals surface area contributed by atoms with E-state index in [2.05, 4.69) is 30.4 Å². The van der Waals surface area contributed by atoms with Crippen LogP contribution in [0, 0.1) is 5.92 Å². The van der Waals surface area contributed by atoms with E-state index >= 15 is 0 Å². The summed E-state index contributed by atoms with van der Waals surface area (Å²) in [4.78, 5) is 0. The molecule has 0 aliphatic heterocycles. The summed E-state index contributed by atoms with van der Waals surface area (Å²) in [5.74, 6) is 0.848. The fourth-order valence-electron chi connectivity index (χ4n) is 3.20. The second-order valence-electron chi connectivity index (χ2n) is 6.14. The molecule has 2 nitrogen and oxygen atoms in total. The molecule has 1 aromatic carbocycles. The van der Waals surface area contributed by atoms with Crippen molar-refractivity contribution in [2.24, 2.45) is 5.92 Å². The van der Waals surface area contributed by atoms with Crippen molar-refractivity contribution in [3.63, 3.8) is 0 Å². The highest BCUT2D eigenvalue weighted by Crippen LogP contribution is 2.41. The molecule has 112 valence electrons. The first-order chi connectivity index (χ1) is 9.66. The highest BCUT2D eigenvalue weighted by atomic mass is 35.5. The van der Waals surface area contributed by atoms with Crippen LogP contribution in [0.5, 0.6) is 0 Å². The molecule has 0 saturated heterocycles. The molecule has 1 aliphatic carbocycles. The zero-order valence-electron chi connectivity index (χ0n) is 12.6. The van der Waals surface area contributed by atoms with Crippen LogP contribution >= 0.6 is 11.6 Å². The van der Waals surface area contributed by atoms with Crippen molar-refractivity contribution in [3.8, 4) is 0 Å². The van der Waals surface area contributed by atoms with Gasteiger partial charge in [0.05, 0.1) is 6.61 Å². The number of rotatable bonds is 6. The molecular weight excluding hydrogens is 270 g/mol. The van der Waals surface area contributed by atoms with Crippen molar-refractivity contribution in [3.05, 3.63) is 34.9 Å². The Bertz CT molecular complexity index is 413. The lowest BCUT2D eigenvalue weighted by Crippen LogP contribution is -2.42. The molecule has 0 heterocycles. The number of hydrogen-bond donors (Lipinski definition) is 1. The zero-order valence-corrected chi connectivity index (χ0v) is 13.4.